The second-order valence-corrected chi connectivity index (χ2v) is 4.82. The van der Waals surface area contributed by atoms with Gasteiger partial charge in [-0.1, -0.05) is 0 Å². The zero-order valence-electron chi connectivity index (χ0n) is 11.1. The Morgan fingerprint density at radius 3 is 1.67 bits per heavy atom. The van der Waals surface area contributed by atoms with E-state index in [4.69, 9.17) is 14.8 Å². The fourth-order valence-corrected chi connectivity index (χ4v) is 1.61. The van der Waals surface area contributed by atoms with Gasteiger partial charge in [0.15, 0.2) is 0 Å². The van der Waals surface area contributed by atoms with Gasteiger partial charge in [0.05, 0.1) is 0 Å². The molecular weight excluding hydrogens is 298 g/mol. The van der Waals surface area contributed by atoms with E-state index < -0.39 is 10.4 Å². The van der Waals surface area contributed by atoms with Gasteiger partial charge >= 0.3 is 10.4 Å². The molecule has 0 saturated carbocycles. The van der Waals surface area contributed by atoms with Crippen LogP contribution in [-0.4, -0.2) is 30.2 Å². The van der Waals surface area contributed by atoms with E-state index >= 15 is 0 Å². The predicted molar refractivity (Wildman–Crippen MR) is 77.9 cm³/mol. The van der Waals surface area contributed by atoms with Gasteiger partial charge in [0.1, 0.15) is 17.2 Å². The van der Waals surface area contributed by atoms with Gasteiger partial charge in [0, 0.05) is 12.7 Å². The van der Waals surface area contributed by atoms with Crippen LogP contribution in [0.3, 0.4) is 0 Å². The highest BCUT2D eigenvalue weighted by Gasteiger charge is 2.05. The first-order valence-electron chi connectivity index (χ1n) is 5.73. The van der Waals surface area contributed by atoms with E-state index in [0.29, 0.717) is 0 Å². The molecule has 0 fully saturated rings. The van der Waals surface area contributed by atoms with Crippen LogP contribution in [0.25, 0.3) is 0 Å². The summed E-state index contributed by atoms with van der Waals surface area (Å²) < 4.78 is 33.1. The van der Waals surface area contributed by atoms with Gasteiger partial charge in [-0.25, -0.2) is 0 Å². The molecule has 0 aromatic heterocycles. The summed E-state index contributed by atoms with van der Waals surface area (Å²) in [5.74, 6) is 0.409. The summed E-state index contributed by atoms with van der Waals surface area (Å²) in [4.78, 5) is 0. The molecule has 0 aliphatic heterocycles. The third-order valence-electron chi connectivity index (χ3n) is 2.19. The second kappa shape index (κ2) is 7.36. The zero-order valence-corrected chi connectivity index (χ0v) is 11.9. The summed E-state index contributed by atoms with van der Waals surface area (Å²) in [7, 11) is -2.68. The molecule has 0 aliphatic rings. The molecule has 0 heterocycles. The first kappa shape index (κ1) is 16.6. The maximum absolute atomic E-state index is 10.3. The number of hydrogen-bond donors (Lipinski definition) is 4. The van der Waals surface area contributed by atoms with Crippen LogP contribution in [0.2, 0.25) is 0 Å². The highest BCUT2D eigenvalue weighted by molar-refractivity contribution is 7.81. The van der Waals surface area contributed by atoms with Crippen molar-refractivity contribution in [2.24, 2.45) is 0 Å². The molecule has 2 aromatic rings. The Kier molecular flexibility index (Phi) is 5.82. The molecule has 7 nitrogen and oxygen atoms in total. The van der Waals surface area contributed by atoms with Crippen molar-refractivity contribution in [1.29, 1.82) is 0 Å². The van der Waals surface area contributed by atoms with E-state index in [0.717, 1.165) is 5.69 Å². The number of benzene rings is 2. The Morgan fingerprint density at radius 1 is 0.905 bits per heavy atom. The fourth-order valence-electron chi connectivity index (χ4n) is 1.25. The average molecular weight is 313 g/mol. The molecule has 8 heteroatoms. The van der Waals surface area contributed by atoms with Gasteiger partial charge in [-0.15, -0.1) is 0 Å². The lowest BCUT2D eigenvalue weighted by molar-refractivity contribution is 0.387. The summed E-state index contributed by atoms with van der Waals surface area (Å²) in [6, 6.07) is 11.8. The molecule has 0 spiro atoms. The van der Waals surface area contributed by atoms with Crippen molar-refractivity contribution in [3.05, 3.63) is 48.5 Å². The monoisotopic (exact) mass is 313 g/mol. The molecule has 0 aliphatic carbocycles. The minimum absolute atomic E-state index is 0.0708. The topological polar surface area (TPSA) is 116 Å². The number of anilines is 1. The Labute approximate surface area is 122 Å². The Balaban J connectivity index is 0.000000235. The molecule has 0 unspecified atom stereocenters. The summed E-state index contributed by atoms with van der Waals surface area (Å²) in [5, 5.41) is 20.1. The van der Waals surface area contributed by atoms with Crippen molar-refractivity contribution >= 4 is 16.1 Å². The quantitative estimate of drug-likeness (QED) is 0.506. The highest BCUT2D eigenvalue weighted by atomic mass is 32.3. The maximum Gasteiger partial charge on any atom is 0.446 e. The van der Waals surface area contributed by atoms with Crippen LogP contribution in [-0.2, 0) is 10.4 Å². The molecule has 0 bridgehead atoms. The number of hydrogen-bond acceptors (Lipinski definition) is 6. The number of phenolic OH excluding ortho intramolecular Hbond substituents is 2. The number of phenols is 2. The molecule has 4 N–H and O–H groups in total. The van der Waals surface area contributed by atoms with Crippen LogP contribution in [0.5, 0.6) is 17.2 Å². The number of nitrogens with one attached hydrogen (secondary N) is 1. The fraction of sp³-hybridized carbons (Fsp3) is 0.0769. The van der Waals surface area contributed by atoms with Crippen molar-refractivity contribution in [2.75, 3.05) is 12.4 Å². The van der Waals surface area contributed by atoms with Gasteiger partial charge in [-0.2, -0.15) is 8.42 Å². The van der Waals surface area contributed by atoms with Gasteiger partial charge in [0.25, 0.3) is 0 Å². The Bertz CT molecular complexity index is 631. The molecule has 2 aromatic carbocycles. The van der Waals surface area contributed by atoms with Crippen molar-refractivity contribution in [3.8, 4) is 17.2 Å². The van der Waals surface area contributed by atoms with Crippen LogP contribution in [0.15, 0.2) is 48.5 Å². The average Bonchev–Trinajstić information content (AvgIpc) is 2.42. The first-order valence-corrected chi connectivity index (χ1v) is 7.09. The summed E-state index contributed by atoms with van der Waals surface area (Å²) in [6.07, 6.45) is 0. The van der Waals surface area contributed by atoms with Crippen molar-refractivity contribution in [2.45, 2.75) is 0 Å². The lowest BCUT2D eigenvalue weighted by Crippen LogP contribution is -2.06. The molecule has 0 saturated heterocycles. The highest BCUT2D eigenvalue weighted by Crippen LogP contribution is 2.16. The van der Waals surface area contributed by atoms with E-state index in [1.807, 2.05) is 0 Å². The SMILES string of the molecule is CNc1ccc(OS(=O)(=O)O)cc1.Oc1ccc(O)cc1. The third kappa shape index (κ3) is 7.04. The molecule has 0 radical (unpaired) electrons. The van der Waals surface area contributed by atoms with Crippen molar-refractivity contribution in [1.82, 2.24) is 0 Å². The molecule has 0 amide bonds. The largest absolute Gasteiger partial charge is 0.508 e. The van der Waals surface area contributed by atoms with E-state index in [2.05, 4.69) is 9.50 Å². The first-order chi connectivity index (χ1) is 9.80. The third-order valence-corrected chi connectivity index (χ3v) is 2.60. The Hall–Kier alpha value is -2.45. The number of rotatable bonds is 3. The van der Waals surface area contributed by atoms with E-state index in [1.165, 1.54) is 36.4 Å². The van der Waals surface area contributed by atoms with Crippen LogP contribution in [0.4, 0.5) is 5.69 Å². The normalized spacial score (nSPS) is 10.2. The second-order valence-electron chi connectivity index (χ2n) is 3.80. The van der Waals surface area contributed by atoms with Gasteiger partial charge in [-0.05, 0) is 48.5 Å². The van der Waals surface area contributed by atoms with Gasteiger partial charge in [0.2, 0.25) is 0 Å². The van der Waals surface area contributed by atoms with Gasteiger partial charge in [-0.3, -0.25) is 4.55 Å². The molecule has 2 rings (SSSR count). The number of aromatic hydroxyl groups is 2. The minimum atomic E-state index is -4.42. The van der Waals surface area contributed by atoms with Crippen molar-refractivity contribution < 1.29 is 27.4 Å². The van der Waals surface area contributed by atoms with Crippen LogP contribution >= 0.6 is 0 Å². The standard InChI is InChI=1S/C7H9NO4S.C6H6O2/c1-8-6-2-4-7(5-3-6)12-13(9,10)11;7-5-1-2-6(8)4-3-5/h2-5,8H,1H3,(H,9,10,11);1-4,7-8H. The van der Waals surface area contributed by atoms with Crippen molar-refractivity contribution in [3.63, 3.8) is 0 Å². The van der Waals surface area contributed by atoms with Gasteiger partial charge < -0.3 is 19.7 Å². The van der Waals surface area contributed by atoms with E-state index in [1.54, 1.807) is 19.2 Å². The lowest BCUT2D eigenvalue weighted by Gasteiger charge is -2.02. The smallest absolute Gasteiger partial charge is 0.446 e. The predicted octanol–water partition coefficient (Wildman–Crippen LogP) is 2.01. The molecule has 0 atom stereocenters. The molecule has 21 heavy (non-hydrogen) atoms. The van der Waals surface area contributed by atoms with E-state index in [-0.39, 0.29) is 17.2 Å². The minimum Gasteiger partial charge on any atom is -0.508 e. The Morgan fingerprint density at radius 2 is 1.33 bits per heavy atom. The zero-order chi connectivity index (χ0) is 15.9. The van der Waals surface area contributed by atoms with E-state index in [9.17, 15) is 8.42 Å². The van der Waals surface area contributed by atoms with Crippen LogP contribution in [0.1, 0.15) is 0 Å². The van der Waals surface area contributed by atoms with Crippen LogP contribution in [0, 0.1) is 0 Å². The summed E-state index contributed by atoms with van der Waals surface area (Å²) in [6.45, 7) is 0. The summed E-state index contributed by atoms with van der Waals surface area (Å²) >= 11 is 0. The van der Waals surface area contributed by atoms with Crippen LogP contribution < -0.4 is 9.50 Å². The lowest BCUT2D eigenvalue weighted by atomic mass is 10.3. The maximum atomic E-state index is 10.3. The molecule has 114 valence electrons. The molecular formula is C13H15NO6S. The summed E-state index contributed by atoms with van der Waals surface area (Å²) in [5.41, 5.74) is 0.822.